The summed E-state index contributed by atoms with van der Waals surface area (Å²) in [5.74, 6) is -0.0500. The molecule has 172 valence electrons. The van der Waals surface area contributed by atoms with E-state index in [4.69, 9.17) is 9.15 Å². The topological polar surface area (TPSA) is 110 Å². The molecule has 0 radical (unpaired) electrons. The van der Waals surface area contributed by atoms with Gasteiger partial charge in [-0.1, -0.05) is 32.0 Å². The highest BCUT2D eigenvalue weighted by Gasteiger charge is 2.25. The Morgan fingerprint density at radius 2 is 1.84 bits per heavy atom. The molecule has 8 heteroatoms. The van der Waals surface area contributed by atoms with Crippen molar-refractivity contribution in [2.24, 2.45) is 11.8 Å². The lowest BCUT2D eigenvalue weighted by Crippen LogP contribution is -2.48. The third-order valence-electron chi connectivity index (χ3n) is 5.58. The fraction of sp³-hybridized carbons (Fsp3) is 0.458. The van der Waals surface area contributed by atoms with E-state index in [9.17, 15) is 14.4 Å². The van der Waals surface area contributed by atoms with Crippen LogP contribution in [-0.4, -0.2) is 44.0 Å². The van der Waals surface area contributed by atoms with Crippen LogP contribution in [0.2, 0.25) is 0 Å². The van der Waals surface area contributed by atoms with Gasteiger partial charge in [0.1, 0.15) is 11.8 Å². The molecule has 1 aromatic heterocycles. The molecule has 0 spiro atoms. The molecule has 1 fully saturated rings. The zero-order valence-electron chi connectivity index (χ0n) is 18.8. The average molecular weight is 442 g/mol. The van der Waals surface area contributed by atoms with E-state index < -0.39 is 11.9 Å². The lowest BCUT2D eigenvalue weighted by molar-refractivity contribution is -0.128. The smallest absolute Gasteiger partial charge is 0.287 e. The fourth-order valence-corrected chi connectivity index (χ4v) is 3.65. The van der Waals surface area contributed by atoms with Gasteiger partial charge in [-0.25, -0.2) is 0 Å². The van der Waals surface area contributed by atoms with Gasteiger partial charge in [-0.3, -0.25) is 14.4 Å². The highest BCUT2D eigenvalue weighted by atomic mass is 16.5. The lowest BCUT2D eigenvalue weighted by atomic mass is 9.99. The van der Waals surface area contributed by atoms with E-state index in [0.29, 0.717) is 25.5 Å². The Balaban J connectivity index is 1.63. The molecule has 1 saturated heterocycles. The van der Waals surface area contributed by atoms with E-state index in [2.05, 4.69) is 16.0 Å². The summed E-state index contributed by atoms with van der Waals surface area (Å²) in [7, 11) is 1.54. The average Bonchev–Trinajstić information content (AvgIpc) is 3.31. The van der Waals surface area contributed by atoms with E-state index in [1.807, 2.05) is 38.1 Å². The molecule has 1 atom stereocenters. The van der Waals surface area contributed by atoms with E-state index in [1.165, 1.54) is 7.05 Å². The summed E-state index contributed by atoms with van der Waals surface area (Å²) in [6.45, 7) is 5.40. The third-order valence-corrected chi connectivity index (χ3v) is 5.58. The van der Waals surface area contributed by atoms with Crippen LogP contribution in [0.1, 0.15) is 42.8 Å². The van der Waals surface area contributed by atoms with Crippen LogP contribution in [0, 0.1) is 11.8 Å². The predicted molar refractivity (Wildman–Crippen MR) is 120 cm³/mol. The van der Waals surface area contributed by atoms with Gasteiger partial charge in [0.05, 0.1) is 0 Å². The Labute approximate surface area is 188 Å². The maximum atomic E-state index is 12.6. The van der Waals surface area contributed by atoms with Gasteiger partial charge in [0, 0.05) is 38.3 Å². The van der Waals surface area contributed by atoms with Crippen LogP contribution in [0.4, 0.5) is 0 Å². The number of amides is 3. The first kappa shape index (κ1) is 23.5. The molecule has 0 unspecified atom stereocenters. The molecule has 3 N–H and O–H groups in total. The van der Waals surface area contributed by atoms with E-state index in [-0.39, 0.29) is 29.4 Å². The first-order valence-corrected chi connectivity index (χ1v) is 11.0. The second kappa shape index (κ2) is 10.9. The first-order valence-electron chi connectivity index (χ1n) is 11.0. The number of carbonyl (C=O) groups is 3. The maximum absolute atomic E-state index is 12.6. The van der Waals surface area contributed by atoms with Crippen LogP contribution in [0.3, 0.4) is 0 Å². The zero-order valence-corrected chi connectivity index (χ0v) is 18.8. The summed E-state index contributed by atoms with van der Waals surface area (Å²) in [6.07, 6.45) is 1.50. The van der Waals surface area contributed by atoms with Gasteiger partial charge in [-0.2, -0.15) is 0 Å². The molecule has 8 nitrogen and oxygen atoms in total. The molecule has 1 aliphatic rings. The van der Waals surface area contributed by atoms with Crippen molar-refractivity contribution in [3.63, 3.8) is 0 Å². The van der Waals surface area contributed by atoms with Gasteiger partial charge in [-0.05, 0) is 42.5 Å². The molecule has 3 amide bonds. The van der Waals surface area contributed by atoms with Crippen LogP contribution in [0.5, 0.6) is 0 Å². The molecule has 0 bridgehead atoms. The number of benzene rings is 1. The summed E-state index contributed by atoms with van der Waals surface area (Å²) in [4.78, 5) is 36.9. The van der Waals surface area contributed by atoms with Gasteiger partial charge in [-0.15, -0.1) is 0 Å². The molecule has 2 aromatic rings. The number of hydrogen-bond donors (Lipinski definition) is 3. The fourth-order valence-electron chi connectivity index (χ4n) is 3.65. The number of carbonyl (C=O) groups excluding carboxylic acids is 3. The Kier molecular flexibility index (Phi) is 8.05. The minimum Gasteiger partial charge on any atom is -0.451 e. The van der Waals surface area contributed by atoms with Crippen molar-refractivity contribution in [3.8, 4) is 11.3 Å². The number of likely N-dealkylation sites (N-methyl/N-ethyl adjacent to an activating group) is 1. The van der Waals surface area contributed by atoms with Crippen molar-refractivity contribution in [1.82, 2.24) is 16.0 Å². The monoisotopic (exact) mass is 441 g/mol. The lowest BCUT2D eigenvalue weighted by Gasteiger charge is -2.21. The van der Waals surface area contributed by atoms with Gasteiger partial charge in [0.2, 0.25) is 11.8 Å². The first-order chi connectivity index (χ1) is 15.4. The second-order valence-corrected chi connectivity index (χ2v) is 8.28. The van der Waals surface area contributed by atoms with E-state index in [0.717, 1.165) is 24.0 Å². The highest BCUT2D eigenvalue weighted by molar-refractivity contribution is 5.96. The van der Waals surface area contributed by atoms with Crippen molar-refractivity contribution in [2.45, 2.75) is 39.3 Å². The van der Waals surface area contributed by atoms with Crippen LogP contribution in [0.15, 0.2) is 40.8 Å². The number of hydrogen-bond acceptors (Lipinski definition) is 5. The highest BCUT2D eigenvalue weighted by Crippen LogP contribution is 2.24. The van der Waals surface area contributed by atoms with Crippen molar-refractivity contribution >= 4 is 17.7 Å². The van der Waals surface area contributed by atoms with Crippen molar-refractivity contribution in [3.05, 3.63) is 47.7 Å². The summed E-state index contributed by atoms with van der Waals surface area (Å²) in [6, 6.07) is 10.3. The molecule has 0 aliphatic carbocycles. The standard InChI is InChI=1S/C24H31N3O5/c1-15(2)21(24(30)25-3)27-23(29)20-8-7-19(32-20)18-6-4-5-16(13-18)14-26-22(28)17-9-11-31-12-10-17/h4-8,13,15,17,21H,9-12,14H2,1-3H3,(H,25,30)(H,26,28)(H,27,29)/t21-/m0/s1. The number of rotatable bonds is 8. The Morgan fingerprint density at radius 3 is 2.53 bits per heavy atom. The molecular formula is C24H31N3O5. The number of furan rings is 1. The molecule has 3 rings (SSSR count). The summed E-state index contributed by atoms with van der Waals surface area (Å²) >= 11 is 0. The van der Waals surface area contributed by atoms with E-state index in [1.54, 1.807) is 12.1 Å². The molecule has 1 aromatic carbocycles. The maximum Gasteiger partial charge on any atom is 0.287 e. The van der Waals surface area contributed by atoms with Crippen LogP contribution in [0.25, 0.3) is 11.3 Å². The minimum atomic E-state index is -0.649. The number of ether oxygens (including phenoxy) is 1. The molecular weight excluding hydrogens is 410 g/mol. The Hall–Kier alpha value is -3.13. The van der Waals surface area contributed by atoms with E-state index >= 15 is 0 Å². The van der Waals surface area contributed by atoms with Gasteiger partial charge >= 0.3 is 0 Å². The van der Waals surface area contributed by atoms with Gasteiger partial charge in [0.25, 0.3) is 5.91 Å². The van der Waals surface area contributed by atoms with Crippen LogP contribution in [-0.2, 0) is 20.9 Å². The SMILES string of the molecule is CNC(=O)[C@@H](NC(=O)c1ccc(-c2cccc(CNC(=O)C3CCOCC3)c2)o1)C(C)C. The largest absolute Gasteiger partial charge is 0.451 e. The number of nitrogens with one attached hydrogen (secondary N) is 3. The quantitative estimate of drug-likeness (QED) is 0.583. The van der Waals surface area contributed by atoms with Crippen molar-refractivity contribution in [1.29, 1.82) is 0 Å². The summed E-state index contributed by atoms with van der Waals surface area (Å²) < 4.78 is 11.1. The van der Waals surface area contributed by atoms with Crippen LogP contribution >= 0.6 is 0 Å². The minimum absolute atomic E-state index is 0.00234. The summed E-state index contributed by atoms with van der Waals surface area (Å²) in [5, 5.41) is 8.28. The molecule has 2 heterocycles. The molecule has 32 heavy (non-hydrogen) atoms. The Bertz CT molecular complexity index is 947. The molecule has 0 saturated carbocycles. The van der Waals surface area contributed by atoms with Crippen molar-refractivity contribution < 1.29 is 23.5 Å². The van der Waals surface area contributed by atoms with Gasteiger partial charge < -0.3 is 25.1 Å². The van der Waals surface area contributed by atoms with Crippen LogP contribution < -0.4 is 16.0 Å². The zero-order chi connectivity index (χ0) is 23.1. The Morgan fingerprint density at radius 1 is 1.09 bits per heavy atom. The van der Waals surface area contributed by atoms with Gasteiger partial charge in [0.15, 0.2) is 5.76 Å². The molecule has 1 aliphatic heterocycles. The van der Waals surface area contributed by atoms with Crippen molar-refractivity contribution in [2.75, 3.05) is 20.3 Å². The normalized spacial score (nSPS) is 15.2. The second-order valence-electron chi connectivity index (χ2n) is 8.28. The predicted octanol–water partition coefficient (Wildman–Crippen LogP) is 2.49. The third kappa shape index (κ3) is 5.97. The summed E-state index contributed by atoms with van der Waals surface area (Å²) in [5.41, 5.74) is 1.73.